The molecule has 0 aliphatic carbocycles. The first-order valence-electron chi connectivity index (χ1n) is 8.64. The standard InChI is InChI=1S/C19H23NO4S/c21-19(20-16-10-13-25(22,23)14-11-16)9-4-12-24-18-8-3-6-15-5-1-2-7-17(15)18/h1-3,5-8,16H,4,9-14H2,(H,20,21). The fraction of sp³-hybridized carbons (Fsp3) is 0.421. The van der Waals surface area contributed by atoms with Gasteiger partial charge in [0.2, 0.25) is 5.91 Å². The molecule has 25 heavy (non-hydrogen) atoms. The van der Waals surface area contributed by atoms with E-state index in [1.54, 1.807) is 0 Å². The molecule has 1 aliphatic heterocycles. The Bertz CT molecular complexity index is 828. The van der Waals surface area contributed by atoms with Gasteiger partial charge in [0.15, 0.2) is 0 Å². The monoisotopic (exact) mass is 361 g/mol. The zero-order chi connectivity index (χ0) is 17.7. The smallest absolute Gasteiger partial charge is 0.220 e. The molecule has 1 N–H and O–H groups in total. The first kappa shape index (κ1) is 17.7. The van der Waals surface area contributed by atoms with Crippen LogP contribution >= 0.6 is 0 Å². The fourth-order valence-corrected chi connectivity index (χ4v) is 4.56. The van der Waals surface area contributed by atoms with E-state index in [-0.39, 0.29) is 23.5 Å². The van der Waals surface area contributed by atoms with Gasteiger partial charge in [0.25, 0.3) is 0 Å². The Hall–Kier alpha value is -2.08. The van der Waals surface area contributed by atoms with Crippen LogP contribution in [0.15, 0.2) is 42.5 Å². The lowest BCUT2D eigenvalue weighted by Crippen LogP contribution is -2.40. The van der Waals surface area contributed by atoms with Crippen molar-refractivity contribution < 1.29 is 17.9 Å². The number of carbonyl (C=O) groups is 1. The first-order chi connectivity index (χ1) is 12.0. The zero-order valence-corrected chi connectivity index (χ0v) is 14.9. The van der Waals surface area contributed by atoms with Crippen LogP contribution in [0.5, 0.6) is 5.75 Å². The molecule has 3 rings (SSSR count). The predicted molar refractivity (Wildman–Crippen MR) is 98.5 cm³/mol. The molecule has 0 unspecified atom stereocenters. The third kappa shape index (κ3) is 4.95. The number of ether oxygens (including phenoxy) is 1. The Labute approximate surface area is 148 Å². The van der Waals surface area contributed by atoms with Gasteiger partial charge < -0.3 is 10.1 Å². The number of nitrogens with one attached hydrogen (secondary N) is 1. The van der Waals surface area contributed by atoms with Gasteiger partial charge in [0.05, 0.1) is 18.1 Å². The summed E-state index contributed by atoms with van der Waals surface area (Å²) in [4.78, 5) is 12.0. The van der Waals surface area contributed by atoms with Crippen LogP contribution in [0.4, 0.5) is 0 Å². The lowest BCUT2D eigenvalue weighted by atomic mass is 10.1. The lowest BCUT2D eigenvalue weighted by Gasteiger charge is -2.23. The molecule has 0 aromatic heterocycles. The van der Waals surface area contributed by atoms with Gasteiger partial charge in [-0.15, -0.1) is 0 Å². The highest BCUT2D eigenvalue weighted by atomic mass is 32.2. The van der Waals surface area contributed by atoms with Crippen LogP contribution in [0.25, 0.3) is 10.8 Å². The Balaban J connectivity index is 1.41. The number of carbonyl (C=O) groups excluding carboxylic acids is 1. The molecule has 0 radical (unpaired) electrons. The normalized spacial score (nSPS) is 17.3. The molecule has 1 fully saturated rings. The molecule has 1 aliphatic rings. The van der Waals surface area contributed by atoms with E-state index in [1.807, 2.05) is 42.5 Å². The van der Waals surface area contributed by atoms with Crippen molar-refractivity contribution in [2.24, 2.45) is 0 Å². The highest BCUT2D eigenvalue weighted by Gasteiger charge is 2.24. The number of sulfone groups is 1. The molecular weight excluding hydrogens is 338 g/mol. The molecule has 2 aromatic carbocycles. The Kier molecular flexibility index (Phi) is 5.58. The maximum absolute atomic E-state index is 12.0. The van der Waals surface area contributed by atoms with Gasteiger partial charge in [-0.25, -0.2) is 8.42 Å². The highest BCUT2D eigenvalue weighted by molar-refractivity contribution is 7.91. The summed E-state index contributed by atoms with van der Waals surface area (Å²) >= 11 is 0. The van der Waals surface area contributed by atoms with Crippen molar-refractivity contribution in [1.82, 2.24) is 5.32 Å². The van der Waals surface area contributed by atoms with Crippen LogP contribution in [0.2, 0.25) is 0 Å². The Morgan fingerprint density at radius 3 is 2.60 bits per heavy atom. The molecule has 0 saturated carbocycles. The van der Waals surface area contributed by atoms with Gasteiger partial charge in [0, 0.05) is 17.8 Å². The van der Waals surface area contributed by atoms with Crippen molar-refractivity contribution in [2.45, 2.75) is 31.7 Å². The zero-order valence-electron chi connectivity index (χ0n) is 14.1. The van der Waals surface area contributed by atoms with Gasteiger partial charge in [-0.1, -0.05) is 36.4 Å². The summed E-state index contributed by atoms with van der Waals surface area (Å²) in [6, 6.07) is 14.0. The van der Waals surface area contributed by atoms with Crippen molar-refractivity contribution in [1.29, 1.82) is 0 Å². The quantitative estimate of drug-likeness (QED) is 0.803. The van der Waals surface area contributed by atoms with E-state index in [9.17, 15) is 13.2 Å². The van der Waals surface area contributed by atoms with E-state index in [0.29, 0.717) is 32.3 Å². The van der Waals surface area contributed by atoms with Crippen LogP contribution in [-0.4, -0.2) is 38.5 Å². The summed E-state index contributed by atoms with van der Waals surface area (Å²) in [7, 11) is -2.89. The molecule has 6 heteroatoms. The van der Waals surface area contributed by atoms with Crippen LogP contribution in [-0.2, 0) is 14.6 Å². The van der Waals surface area contributed by atoms with Gasteiger partial charge in [-0.3, -0.25) is 4.79 Å². The number of benzene rings is 2. The molecule has 0 bridgehead atoms. The fourth-order valence-electron chi connectivity index (χ4n) is 3.07. The Morgan fingerprint density at radius 2 is 1.80 bits per heavy atom. The first-order valence-corrected chi connectivity index (χ1v) is 10.5. The largest absolute Gasteiger partial charge is 0.493 e. The van der Waals surface area contributed by atoms with E-state index in [1.165, 1.54) is 0 Å². The molecule has 0 atom stereocenters. The van der Waals surface area contributed by atoms with Crippen LogP contribution in [0, 0.1) is 0 Å². The van der Waals surface area contributed by atoms with E-state index < -0.39 is 9.84 Å². The number of amides is 1. The minimum absolute atomic E-state index is 0.0185. The van der Waals surface area contributed by atoms with E-state index >= 15 is 0 Å². The van der Waals surface area contributed by atoms with Gasteiger partial charge in [-0.2, -0.15) is 0 Å². The van der Waals surface area contributed by atoms with Crippen molar-refractivity contribution >= 4 is 26.5 Å². The summed E-state index contributed by atoms with van der Waals surface area (Å²) in [5, 5.41) is 5.12. The topological polar surface area (TPSA) is 72.5 Å². The van der Waals surface area contributed by atoms with Crippen LogP contribution < -0.4 is 10.1 Å². The molecule has 5 nitrogen and oxygen atoms in total. The van der Waals surface area contributed by atoms with Gasteiger partial charge in [-0.05, 0) is 30.7 Å². The maximum atomic E-state index is 12.0. The minimum atomic E-state index is -2.89. The van der Waals surface area contributed by atoms with Gasteiger partial charge >= 0.3 is 0 Å². The molecule has 2 aromatic rings. The van der Waals surface area contributed by atoms with Crippen LogP contribution in [0.3, 0.4) is 0 Å². The minimum Gasteiger partial charge on any atom is -0.493 e. The van der Waals surface area contributed by atoms with E-state index in [4.69, 9.17) is 4.74 Å². The summed E-state index contributed by atoms with van der Waals surface area (Å²) < 4.78 is 28.6. The third-order valence-corrected chi connectivity index (χ3v) is 6.19. The predicted octanol–water partition coefficient (Wildman–Crippen LogP) is 2.69. The van der Waals surface area contributed by atoms with Crippen molar-refractivity contribution in [3.05, 3.63) is 42.5 Å². The molecule has 1 heterocycles. The van der Waals surface area contributed by atoms with Crippen molar-refractivity contribution in [3.8, 4) is 5.75 Å². The Morgan fingerprint density at radius 1 is 1.08 bits per heavy atom. The second kappa shape index (κ2) is 7.87. The second-order valence-electron chi connectivity index (χ2n) is 6.42. The summed E-state index contributed by atoms with van der Waals surface area (Å²) in [5.41, 5.74) is 0. The van der Waals surface area contributed by atoms with Gasteiger partial charge in [0.1, 0.15) is 15.6 Å². The molecule has 0 spiro atoms. The molecular formula is C19H23NO4S. The average Bonchev–Trinajstić information content (AvgIpc) is 2.61. The summed E-state index contributed by atoms with van der Waals surface area (Å²) in [6.07, 6.45) is 2.04. The van der Waals surface area contributed by atoms with Crippen LogP contribution in [0.1, 0.15) is 25.7 Å². The molecule has 1 amide bonds. The van der Waals surface area contributed by atoms with E-state index in [0.717, 1.165) is 16.5 Å². The summed E-state index contributed by atoms with van der Waals surface area (Å²) in [5.74, 6) is 1.13. The average molecular weight is 361 g/mol. The number of hydrogen-bond donors (Lipinski definition) is 1. The highest BCUT2D eigenvalue weighted by Crippen LogP contribution is 2.25. The second-order valence-corrected chi connectivity index (χ2v) is 8.73. The SMILES string of the molecule is O=C(CCCOc1cccc2ccccc12)NC1CCS(=O)(=O)CC1. The number of rotatable bonds is 6. The third-order valence-electron chi connectivity index (χ3n) is 4.48. The van der Waals surface area contributed by atoms with Crippen molar-refractivity contribution in [3.63, 3.8) is 0 Å². The maximum Gasteiger partial charge on any atom is 0.220 e. The lowest BCUT2D eigenvalue weighted by molar-refractivity contribution is -0.122. The number of hydrogen-bond acceptors (Lipinski definition) is 4. The summed E-state index contributed by atoms with van der Waals surface area (Å²) in [6.45, 7) is 0.473. The molecule has 1 saturated heterocycles. The van der Waals surface area contributed by atoms with E-state index in [2.05, 4.69) is 5.32 Å². The van der Waals surface area contributed by atoms with Crippen molar-refractivity contribution in [2.75, 3.05) is 18.1 Å². The molecule has 134 valence electrons. The number of fused-ring (bicyclic) bond motifs is 1.